The fourth-order valence-corrected chi connectivity index (χ4v) is 5.91. The van der Waals surface area contributed by atoms with Gasteiger partial charge in [0.25, 0.3) is 0 Å². The number of piperazine rings is 1. The van der Waals surface area contributed by atoms with Crippen LogP contribution in [0, 0.1) is 0 Å². The van der Waals surface area contributed by atoms with E-state index in [0.29, 0.717) is 24.7 Å². The van der Waals surface area contributed by atoms with Gasteiger partial charge in [-0.2, -0.15) is 4.31 Å². The van der Waals surface area contributed by atoms with Crippen molar-refractivity contribution in [3.63, 3.8) is 0 Å². The number of nitrogens with zero attached hydrogens (tertiary/aromatic N) is 5. The maximum absolute atomic E-state index is 13.0. The highest BCUT2D eigenvalue weighted by molar-refractivity contribution is 7.89. The molecule has 3 aromatic rings. The third-order valence-electron chi connectivity index (χ3n) is 4.76. The number of esters is 1. The van der Waals surface area contributed by atoms with Gasteiger partial charge in [0.2, 0.25) is 10.0 Å². The minimum absolute atomic E-state index is 0.0107. The largest absolute Gasteiger partial charge is 0.465 e. The van der Waals surface area contributed by atoms with Crippen molar-refractivity contribution in [1.82, 2.24) is 19.5 Å². The molecular formula is C19H20N6O4S2. The maximum atomic E-state index is 13.0. The van der Waals surface area contributed by atoms with Gasteiger partial charge in [-0.05, 0) is 35.7 Å². The van der Waals surface area contributed by atoms with Gasteiger partial charge in [0.1, 0.15) is 9.77 Å². The first-order valence-corrected chi connectivity index (χ1v) is 11.7. The molecule has 0 aliphatic carbocycles. The number of ether oxygens (including phenoxy) is 1. The van der Waals surface area contributed by atoms with Gasteiger partial charge in [0, 0.05) is 32.4 Å². The molecule has 1 saturated heterocycles. The molecule has 3 aromatic heterocycles. The van der Waals surface area contributed by atoms with Crippen LogP contribution >= 0.6 is 11.3 Å². The summed E-state index contributed by atoms with van der Waals surface area (Å²) in [4.78, 5) is 18.0. The molecule has 4 rings (SSSR count). The lowest BCUT2D eigenvalue weighted by molar-refractivity contribution is 0.0602. The second-order valence-electron chi connectivity index (χ2n) is 6.64. The number of thiophene rings is 1. The number of anilines is 3. The van der Waals surface area contributed by atoms with Crippen molar-refractivity contribution in [2.24, 2.45) is 0 Å². The Kier molecular flexibility index (Phi) is 6.11. The van der Waals surface area contributed by atoms with Crippen LogP contribution in [-0.4, -0.2) is 67.2 Å². The van der Waals surface area contributed by atoms with Crippen LogP contribution in [0.5, 0.6) is 0 Å². The summed E-state index contributed by atoms with van der Waals surface area (Å²) in [6.07, 6.45) is 3.38. The third-order valence-corrected chi connectivity index (χ3v) is 7.73. The Bertz CT molecular complexity index is 1140. The van der Waals surface area contributed by atoms with Crippen LogP contribution in [0.1, 0.15) is 9.67 Å². The molecule has 0 spiro atoms. The molecule has 1 N–H and O–H groups in total. The minimum Gasteiger partial charge on any atom is -0.465 e. The molecule has 0 radical (unpaired) electrons. The van der Waals surface area contributed by atoms with Crippen LogP contribution in [0.4, 0.5) is 17.3 Å². The lowest BCUT2D eigenvalue weighted by Crippen LogP contribution is -2.49. The van der Waals surface area contributed by atoms with Gasteiger partial charge in [-0.25, -0.2) is 13.2 Å². The predicted molar refractivity (Wildman–Crippen MR) is 116 cm³/mol. The maximum Gasteiger partial charge on any atom is 0.349 e. The number of methoxy groups -OCH3 is 1. The molecule has 31 heavy (non-hydrogen) atoms. The molecule has 0 atom stereocenters. The Morgan fingerprint density at radius 1 is 1.13 bits per heavy atom. The van der Waals surface area contributed by atoms with E-state index in [-0.39, 0.29) is 22.9 Å². The SMILES string of the molecule is COC(=O)c1sccc1S(=O)(=O)N1CCN(c2ccc(Nc3cccnc3)nn2)CC1. The summed E-state index contributed by atoms with van der Waals surface area (Å²) in [5.41, 5.74) is 0.808. The second-order valence-corrected chi connectivity index (χ2v) is 9.46. The highest BCUT2D eigenvalue weighted by Gasteiger charge is 2.33. The number of rotatable bonds is 6. The molecular weight excluding hydrogens is 440 g/mol. The molecule has 12 heteroatoms. The highest BCUT2D eigenvalue weighted by Crippen LogP contribution is 2.27. The summed E-state index contributed by atoms with van der Waals surface area (Å²) in [6, 6.07) is 8.79. The van der Waals surface area contributed by atoms with Gasteiger partial charge >= 0.3 is 5.97 Å². The summed E-state index contributed by atoms with van der Waals surface area (Å²) in [7, 11) is -2.56. The third kappa shape index (κ3) is 4.50. The molecule has 0 unspecified atom stereocenters. The Balaban J connectivity index is 1.40. The van der Waals surface area contributed by atoms with E-state index in [0.717, 1.165) is 17.0 Å². The van der Waals surface area contributed by atoms with E-state index in [1.165, 1.54) is 17.5 Å². The van der Waals surface area contributed by atoms with Crippen molar-refractivity contribution in [2.45, 2.75) is 4.90 Å². The molecule has 0 aromatic carbocycles. The molecule has 1 aliphatic heterocycles. The summed E-state index contributed by atoms with van der Waals surface area (Å²) >= 11 is 1.05. The zero-order valence-electron chi connectivity index (χ0n) is 16.6. The number of hydrogen-bond donors (Lipinski definition) is 1. The highest BCUT2D eigenvalue weighted by atomic mass is 32.2. The van der Waals surface area contributed by atoms with Crippen LogP contribution in [0.25, 0.3) is 0 Å². The van der Waals surface area contributed by atoms with Gasteiger partial charge in [0.15, 0.2) is 11.6 Å². The van der Waals surface area contributed by atoms with Crippen molar-refractivity contribution >= 4 is 44.7 Å². The van der Waals surface area contributed by atoms with Gasteiger partial charge in [-0.3, -0.25) is 4.98 Å². The number of nitrogens with one attached hydrogen (secondary N) is 1. The van der Waals surface area contributed by atoms with Gasteiger partial charge in [0.05, 0.1) is 19.0 Å². The van der Waals surface area contributed by atoms with E-state index in [2.05, 4.69) is 20.5 Å². The van der Waals surface area contributed by atoms with E-state index < -0.39 is 16.0 Å². The quantitative estimate of drug-likeness (QED) is 0.551. The molecule has 4 heterocycles. The first-order valence-electron chi connectivity index (χ1n) is 9.41. The Morgan fingerprint density at radius 2 is 1.94 bits per heavy atom. The molecule has 162 valence electrons. The Labute approximate surface area is 183 Å². The lowest BCUT2D eigenvalue weighted by atomic mass is 10.3. The number of carbonyl (C=O) groups is 1. The second kappa shape index (κ2) is 8.96. The van der Waals surface area contributed by atoms with E-state index in [1.54, 1.807) is 17.8 Å². The average Bonchev–Trinajstić information content (AvgIpc) is 3.31. The number of pyridine rings is 1. The first kappa shape index (κ1) is 21.2. The molecule has 0 amide bonds. The van der Waals surface area contributed by atoms with E-state index in [1.807, 2.05) is 29.2 Å². The van der Waals surface area contributed by atoms with Crippen LogP contribution in [0.15, 0.2) is 53.0 Å². The van der Waals surface area contributed by atoms with Crippen LogP contribution < -0.4 is 10.2 Å². The smallest absolute Gasteiger partial charge is 0.349 e. The van der Waals surface area contributed by atoms with Crippen molar-refractivity contribution in [3.8, 4) is 0 Å². The monoisotopic (exact) mass is 460 g/mol. The zero-order valence-corrected chi connectivity index (χ0v) is 18.3. The molecule has 10 nitrogen and oxygen atoms in total. The first-order chi connectivity index (χ1) is 15.0. The zero-order chi connectivity index (χ0) is 21.8. The van der Waals surface area contributed by atoms with Crippen LogP contribution in [-0.2, 0) is 14.8 Å². The van der Waals surface area contributed by atoms with Gasteiger partial charge in [-0.15, -0.1) is 21.5 Å². The Hall–Kier alpha value is -3.09. The summed E-state index contributed by atoms with van der Waals surface area (Å²) in [5, 5.41) is 13.1. The number of aromatic nitrogens is 3. The number of hydrogen-bond acceptors (Lipinski definition) is 10. The van der Waals surface area contributed by atoms with E-state index >= 15 is 0 Å². The van der Waals surface area contributed by atoms with Crippen LogP contribution in [0.3, 0.4) is 0 Å². The molecule has 1 fully saturated rings. The Morgan fingerprint density at radius 3 is 2.58 bits per heavy atom. The predicted octanol–water partition coefficient (Wildman–Crippen LogP) is 1.97. The van der Waals surface area contributed by atoms with Crippen molar-refractivity contribution < 1.29 is 17.9 Å². The van der Waals surface area contributed by atoms with Crippen LogP contribution in [0.2, 0.25) is 0 Å². The fourth-order valence-electron chi connectivity index (χ4n) is 3.18. The van der Waals surface area contributed by atoms with Crippen molar-refractivity contribution in [3.05, 3.63) is 53.0 Å². The summed E-state index contributed by atoms with van der Waals surface area (Å²) in [5.74, 6) is 0.604. The van der Waals surface area contributed by atoms with Gasteiger partial charge < -0.3 is 15.0 Å². The minimum atomic E-state index is -3.79. The van der Waals surface area contributed by atoms with E-state index in [9.17, 15) is 13.2 Å². The fraction of sp³-hybridized carbons (Fsp3) is 0.263. The van der Waals surface area contributed by atoms with E-state index in [4.69, 9.17) is 4.74 Å². The summed E-state index contributed by atoms with van der Waals surface area (Å²) in [6.45, 7) is 1.47. The van der Waals surface area contributed by atoms with Crippen molar-refractivity contribution in [2.75, 3.05) is 43.5 Å². The topological polar surface area (TPSA) is 118 Å². The average molecular weight is 461 g/mol. The van der Waals surface area contributed by atoms with Gasteiger partial charge in [-0.1, -0.05) is 0 Å². The number of carbonyl (C=O) groups excluding carboxylic acids is 1. The lowest BCUT2D eigenvalue weighted by Gasteiger charge is -2.34. The standard InChI is InChI=1S/C19H20N6O4S2/c1-29-19(26)18-15(6-12-30-18)31(27,28)25-10-8-24(9-11-25)17-5-4-16(22-23-17)21-14-3-2-7-20-13-14/h2-7,12-13H,8-11H2,1H3,(H,21,22). The molecule has 1 aliphatic rings. The number of sulfonamides is 1. The van der Waals surface area contributed by atoms with Crippen molar-refractivity contribution in [1.29, 1.82) is 0 Å². The molecule has 0 bridgehead atoms. The molecule has 0 saturated carbocycles. The normalized spacial score (nSPS) is 14.9. The summed E-state index contributed by atoms with van der Waals surface area (Å²) < 4.78 is 32.1.